The largest absolute Gasteiger partial charge is 0.480 e. The first kappa shape index (κ1) is 54.7. The molecule has 0 aliphatic heterocycles. The molecule has 0 fully saturated rings. The number of phosphoric ester groups is 1. The maximum atomic E-state index is 12.6. The van der Waals surface area contributed by atoms with Gasteiger partial charge in [-0.05, 0) is 64.2 Å². The molecular weight excluding hydrogens is 745 g/mol. The average Bonchev–Trinajstić information content (AvgIpc) is 3.19. The Bertz CT molecular complexity index is 1110. The molecule has 0 amide bonds. The van der Waals surface area contributed by atoms with Crippen LogP contribution < -0.4 is 5.73 Å². The van der Waals surface area contributed by atoms with Crippen molar-refractivity contribution in [3.63, 3.8) is 0 Å². The molecule has 0 bridgehead atoms. The monoisotopic (exact) mass is 828 g/mol. The predicted octanol–water partition coefficient (Wildman–Crippen LogP) is 12.0. The molecule has 57 heavy (non-hydrogen) atoms. The van der Waals surface area contributed by atoms with Crippen molar-refractivity contribution >= 4 is 25.7 Å². The molecule has 1 unspecified atom stereocenters. The molecule has 0 aromatic carbocycles. The number of rotatable bonds is 42. The zero-order valence-electron chi connectivity index (χ0n) is 35.9. The second-order valence-corrected chi connectivity index (χ2v) is 16.6. The van der Waals surface area contributed by atoms with Gasteiger partial charge in [0.2, 0.25) is 0 Å². The first-order valence-electron chi connectivity index (χ1n) is 22.5. The Labute approximate surface area is 346 Å². The van der Waals surface area contributed by atoms with Crippen molar-refractivity contribution < 1.29 is 47.5 Å². The summed E-state index contributed by atoms with van der Waals surface area (Å²) < 4.78 is 32.7. The van der Waals surface area contributed by atoms with Crippen LogP contribution in [-0.2, 0) is 37.5 Å². The first-order valence-corrected chi connectivity index (χ1v) is 24.0. The molecule has 0 saturated heterocycles. The number of esters is 2. The van der Waals surface area contributed by atoms with Crippen LogP contribution in [0.2, 0.25) is 0 Å². The lowest BCUT2D eigenvalue weighted by Gasteiger charge is -2.20. The summed E-state index contributed by atoms with van der Waals surface area (Å²) in [6.45, 7) is 2.75. The highest BCUT2D eigenvalue weighted by atomic mass is 31.2. The Balaban J connectivity index is 4.34. The van der Waals surface area contributed by atoms with Gasteiger partial charge in [-0.15, -0.1) is 0 Å². The van der Waals surface area contributed by atoms with Crippen molar-refractivity contribution in [2.24, 2.45) is 5.73 Å². The minimum Gasteiger partial charge on any atom is -0.480 e. The van der Waals surface area contributed by atoms with Crippen molar-refractivity contribution in [3.05, 3.63) is 36.5 Å². The number of carbonyl (C=O) groups is 3. The smallest absolute Gasteiger partial charge is 0.472 e. The van der Waals surface area contributed by atoms with Gasteiger partial charge in [-0.25, -0.2) is 4.57 Å². The maximum absolute atomic E-state index is 12.6. The molecule has 0 radical (unpaired) electrons. The molecule has 3 atom stereocenters. The lowest BCUT2D eigenvalue weighted by Crippen LogP contribution is -2.34. The molecule has 0 aromatic rings. The number of hydrogen-bond acceptors (Lipinski definition) is 9. The average molecular weight is 828 g/mol. The zero-order chi connectivity index (χ0) is 42.1. The van der Waals surface area contributed by atoms with Gasteiger partial charge < -0.3 is 25.2 Å². The normalized spacial score (nSPS) is 14.0. The van der Waals surface area contributed by atoms with E-state index in [9.17, 15) is 23.8 Å². The van der Waals surface area contributed by atoms with Crippen molar-refractivity contribution in [1.82, 2.24) is 0 Å². The third kappa shape index (κ3) is 40.3. The minimum atomic E-state index is -4.72. The molecule has 0 saturated carbocycles. The number of carboxylic acid groups (broad SMARTS) is 1. The number of hydrogen-bond donors (Lipinski definition) is 3. The molecule has 0 aliphatic carbocycles. The van der Waals surface area contributed by atoms with Gasteiger partial charge >= 0.3 is 25.7 Å². The number of unbranched alkanes of at least 4 members (excludes halogenated alkanes) is 22. The highest BCUT2D eigenvalue weighted by Crippen LogP contribution is 2.43. The van der Waals surface area contributed by atoms with Crippen molar-refractivity contribution in [2.75, 3.05) is 19.8 Å². The summed E-state index contributed by atoms with van der Waals surface area (Å²) in [6.07, 6.45) is 43.5. The van der Waals surface area contributed by atoms with Crippen molar-refractivity contribution in [3.8, 4) is 0 Å². The van der Waals surface area contributed by atoms with Gasteiger partial charge in [-0.1, -0.05) is 159 Å². The molecule has 4 N–H and O–H groups in total. The standard InChI is InChI=1S/C45H82NO10P/c1-3-5-7-9-11-13-15-17-19-20-21-22-23-25-27-29-31-33-35-37-44(48)56-41(39-54-57(51,52)55-40-42(46)45(49)50)38-53-43(47)36-34-32-30-28-26-24-18-16-14-12-10-8-6-4-2/h10,12,16-19,41-42H,3-9,11,13-15,20-40,46H2,1-2H3,(H,49,50)(H,51,52)/b12-10+,18-16+,19-17+/t41-,42+/m1/s1. The summed E-state index contributed by atoms with van der Waals surface area (Å²) in [5.41, 5.74) is 5.33. The van der Waals surface area contributed by atoms with Crippen LogP contribution in [-0.4, -0.2) is 59.9 Å². The fraction of sp³-hybridized carbons (Fsp3) is 0.800. The van der Waals surface area contributed by atoms with Gasteiger partial charge in [0.1, 0.15) is 12.6 Å². The van der Waals surface area contributed by atoms with Crippen LogP contribution in [0.1, 0.15) is 200 Å². The first-order chi connectivity index (χ1) is 27.6. The number of nitrogens with two attached hydrogens (primary N) is 1. The summed E-state index contributed by atoms with van der Waals surface area (Å²) >= 11 is 0. The SMILES string of the molecule is CCCC/C=C/C/C=C/CCCCCCCC(=O)OC[C@H](COP(=O)(O)OC[C@H](N)C(=O)O)OC(=O)CCCCCCCCCCC/C=C/CCCCCCCC. The molecule has 0 aromatic heterocycles. The molecule has 0 aliphatic rings. The van der Waals surface area contributed by atoms with E-state index in [1.54, 1.807) is 0 Å². The Hall–Kier alpha value is -2.30. The molecule has 12 heteroatoms. The maximum Gasteiger partial charge on any atom is 0.472 e. The highest BCUT2D eigenvalue weighted by molar-refractivity contribution is 7.47. The third-order valence-corrected chi connectivity index (χ3v) is 10.6. The van der Waals surface area contributed by atoms with Crippen LogP contribution in [0.4, 0.5) is 0 Å². The lowest BCUT2D eigenvalue weighted by atomic mass is 10.1. The molecule has 332 valence electrons. The summed E-state index contributed by atoms with van der Waals surface area (Å²) in [7, 11) is -4.72. The van der Waals surface area contributed by atoms with E-state index in [1.807, 2.05) is 0 Å². The topological polar surface area (TPSA) is 172 Å². The van der Waals surface area contributed by atoms with Gasteiger partial charge in [-0.3, -0.25) is 23.4 Å². The second-order valence-electron chi connectivity index (χ2n) is 15.2. The summed E-state index contributed by atoms with van der Waals surface area (Å²) in [5, 5.41) is 8.89. The quantitative estimate of drug-likeness (QED) is 0.0231. The van der Waals surface area contributed by atoms with E-state index in [0.717, 1.165) is 64.2 Å². The van der Waals surface area contributed by atoms with Crippen LogP contribution in [0.25, 0.3) is 0 Å². The molecule has 0 rings (SSSR count). The summed E-state index contributed by atoms with van der Waals surface area (Å²) in [4.78, 5) is 46.0. The van der Waals surface area contributed by atoms with E-state index in [-0.39, 0.29) is 19.4 Å². The number of carbonyl (C=O) groups excluding carboxylic acids is 2. The number of aliphatic carboxylic acids is 1. The van der Waals surface area contributed by atoms with Gasteiger partial charge in [0.05, 0.1) is 13.2 Å². The van der Waals surface area contributed by atoms with Gasteiger partial charge in [0, 0.05) is 12.8 Å². The van der Waals surface area contributed by atoms with E-state index < -0.39 is 51.1 Å². The number of phosphoric acid groups is 1. The number of allylic oxidation sites excluding steroid dienone is 6. The Morgan fingerprint density at radius 3 is 1.44 bits per heavy atom. The van der Waals surface area contributed by atoms with Crippen LogP contribution in [0.5, 0.6) is 0 Å². The molecule has 11 nitrogen and oxygen atoms in total. The predicted molar refractivity (Wildman–Crippen MR) is 231 cm³/mol. The third-order valence-electron chi connectivity index (χ3n) is 9.61. The minimum absolute atomic E-state index is 0.156. The Kier molecular flexibility index (Phi) is 38.8. The highest BCUT2D eigenvalue weighted by Gasteiger charge is 2.28. The zero-order valence-corrected chi connectivity index (χ0v) is 36.8. The lowest BCUT2D eigenvalue weighted by molar-refractivity contribution is -0.161. The number of ether oxygens (including phenoxy) is 2. The van der Waals surface area contributed by atoms with Crippen LogP contribution >= 0.6 is 7.82 Å². The van der Waals surface area contributed by atoms with E-state index >= 15 is 0 Å². The van der Waals surface area contributed by atoms with E-state index in [2.05, 4.69) is 54.8 Å². The fourth-order valence-corrected chi connectivity index (χ4v) is 6.80. The van der Waals surface area contributed by atoms with Gasteiger partial charge in [-0.2, -0.15) is 0 Å². The Morgan fingerprint density at radius 1 is 0.544 bits per heavy atom. The second kappa shape index (κ2) is 40.5. The molecular formula is C45H82NO10P. The van der Waals surface area contributed by atoms with Crippen molar-refractivity contribution in [2.45, 2.75) is 212 Å². The van der Waals surface area contributed by atoms with E-state index in [4.69, 9.17) is 24.8 Å². The van der Waals surface area contributed by atoms with Gasteiger partial charge in [0.15, 0.2) is 6.10 Å². The fourth-order valence-electron chi connectivity index (χ4n) is 6.02. The van der Waals surface area contributed by atoms with Gasteiger partial charge in [0.25, 0.3) is 0 Å². The van der Waals surface area contributed by atoms with Crippen LogP contribution in [0, 0.1) is 0 Å². The summed E-state index contributed by atoms with van der Waals surface area (Å²) in [5.74, 6) is -2.40. The summed E-state index contributed by atoms with van der Waals surface area (Å²) in [6, 6.07) is -1.52. The molecule has 0 spiro atoms. The van der Waals surface area contributed by atoms with E-state index in [0.29, 0.717) is 12.8 Å². The number of carboxylic acids is 1. The molecule has 0 heterocycles. The Morgan fingerprint density at radius 2 is 0.947 bits per heavy atom. The van der Waals surface area contributed by atoms with Crippen LogP contribution in [0.3, 0.4) is 0 Å². The van der Waals surface area contributed by atoms with Crippen LogP contribution in [0.15, 0.2) is 36.5 Å². The van der Waals surface area contributed by atoms with E-state index in [1.165, 1.54) is 96.3 Å². The van der Waals surface area contributed by atoms with Crippen molar-refractivity contribution in [1.29, 1.82) is 0 Å².